The Bertz CT molecular complexity index is 883. The van der Waals surface area contributed by atoms with Crippen LogP contribution in [0.5, 0.6) is 0 Å². The van der Waals surface area contributed by atoms with Crippen molar-refractivity contribution in [1.29, 1.82) is 0 Å². The summed E-state index contributed by atoms with van der Waals surface area (Å²) in [6.45, 7) is 1.12. The number of benzene rings is 1. The summed E-state index contributed by atoms with van der Waals surface area (Å²) in [4.78, 5) is 12.3. The number of aromatic nitrogens is 4. The molecule has 128 valence electrons. The van der Waals surface area contributed by atoms with Crippen molar-refractivity contribution in [3.63, 3.8) is 0 Å². The molecule has 1 aliphatic carbocycles. The average Bonchev–Trinajstić information content (AvgIpc) is 3.19. The molecular weight excluding hydrogens is 338 g/mol. The van der Waals surface area contributed by atoms with E-state index in [1.54, 1.807) is 6.20 Å². The first kappa shape index (κ1) is 15.9. The topological polar surface area (TPSA) is 75.6 Å². The lowest BCUT2D eigenvalue weighted by atomic mass is 10.1. The molecule has 25 heavy (non-hydrogen) atoms. The van der Waals surface area contributed by atoms with Crippen LogP contribution in [0.3, 0.4) is 0 Å². The standard InChI is InChI=1S/C18H18ClN5O/c19-15-16(14-5-6-14)22-23-17(15)18(25)20-10-12-3-1-4-13(9-12)11-24-8-2-7-21-24/h1-4,7-9,14H,5-6,10-11H2,(H,20,25)(H,22,23). The number of amides is 1. The molecule has 6 nitrogen and oxygen atoms in total. The minimum Gasteiger partial charge on any atom is -0.347 e. The monoisotopic (exact) mass is 355 g/mol. The maximum atomic E-state index is 12.3. The van der Waals surface area contributed by atoms with Gasteiger partial charge in [-0.05, 0) is 30.0 Å². The first-order chi connectivity index (χ1) is 12.2. The van der Waals surface area contributed by atoms with Gasteiger partial charge in [0.1, 0.15) is 0 Å². The fourth-order valence-electron chi connectivity index (χ4n) is 2.82. The van der Waals surface area contributed by atoms with E-state index >= 15 is 0 Å². The van der Waals surface area contributed by atoms with Crippen LogP contribution in [0.15, 0.2) is 42.7 Å². The predicted octanol–water partition coefficient (Wildman–Crippen LogP) is 3.12. The van der Waals surface area contributed by atoms with Gasteiger partial charge in [0.15, 0.2) is 5.69 Å². The van der Waals surface area contributed by atoms with Crippen molar-refractivity contribution in [2.24, 2.45) is 0 Å². The maximum Gasteiger partial charge on any atom is 0.273 e. The van der Waals surface area contributed by atoms with Gasteiger partial charge < -0.3 is 5.32 Å². The smallest absolute Gasteiger partial charge is 0.273 e. The van der Waals surface area contributed by atoms with Crippen LogP contribution in [0.1, 0.15) is 46.1 Å². The number of hydrogen-bond acceptors (Lipinski definition) is 3. The molecule has 0 unspecified atom stereocenters. The minimum absolute atomic E-state index is 0.259. The maximum absolute atomic E-state index is 12.3. The van der Waals surface area contributed by atoms with Crippen molar-refractivity contribution in [2.45, 2.75) is 31.8 Å². The molecule has 0 aliphatic heterocycles. The first-order valence-electron chi connectivity index (χ1n) is 8.28. The second-order valence-electron chi connectivity index (χ2n) is 6.28. The fraction of sp³-hybridized carbons (Fsp3) is 0.278. The van der Waals surface area contributed by atoms with Crippen LogP contribution in [0.4, 0.5) is 0 Å². The van der Waals surface area contributed by atoms with E-state index in [0.717, 1.165) is 29.7 Å². The third kappa shape index (κ3) is 3.58. The highest BCUT2D eigenvalue weighted by atomic mass is 35.5. The zero-order valence-corrected chi connectivity index (χ0v) is 14.3. The Hall–Kier alpha value is -2.60. The van der Waals surface area contributed by atoms with Crippen LogP contribution in [-0.4, -0.2) is 25.9 Å². The summed E-state index contributed by atoms with van der Waals surface area (Å²) in [5.74, 6) is 0.172. The summed E-state index contributed by atoms with van der Waals surface area (Å²) in [5, 5.41) is 14.5. The van der Waals surface area contributed by atoms with E-state index in [4.69, 9.17) is 11.6 Å². The SMILES string of the molecule is O=C(NCc1cccc(Cn2cccn2)c1)c1n[nH]c(C2CC2)c1Cl. The van der Waals surface area contributed by atoms with Gasteiger partial charge in [-0.25, -0.2) is 0 Å². The van der Waals surface area contributed by atoms with Gasteiger partial charge in [0.2, 0.25) is 0 Å². The Balaban J connectivity index is 1.40. The second kappa shape index (κ2) is 6.72. The quantitative estimate of drug-likeness (QED) is 0.713. The van der Waals surface area contributed by atoms with Crippen molar-refractivity contribution < 1.29 is 4.79 Å². The second-order valence-corrected chi connectivity index (χ2v) is 6.66. The average molecular weight is 356 g/mol. The number of carbonyl (C=O) groups is 1. The molecule has 1 aromatic carbocycles. The third-order valence-corrected chi connectivity index (χ3v) is 4.66. The lowest BCUT2D eigenvalue weighted by molar-refractivity contribution is 0.0946. The van der Waals surface area contributed by atoms with Crippen LogP contribution < -0.4 is 5.32 Å². The van der Waals surface area contributed by atoms with Gasteiger partial charge >= 0.3 is 0 Å². The highest BCUT2D eigenvalue weighted by Gasteiger charge is 2.30. The Morgan fingerprint density at radius 2 is 2.16 bits per heavy atom. The first-order valence-corrected chi connectivity index (χ1v) is 8.65. The molecule has 1 fully saturated rings. The zero-order valence-electron chi connectivity index (χ0n) is 13.6. The highest BCUT2D eigenvalue weighted by Crippen LogP contribution is 2.42. The molecule has 2 N–H and O–H groups in total. The van der Waals surface area contributed by atoms with Crippen LogP contribution in [-0.2, 0) is 13.1 Å². The van der Waals surface area contributed by atoms with Gasteiger partial charge in [0.25, 0.3) is 5.91 Å². The van der Waals surface area contributed by atoms with Crippen molar-refractivity contribution in [3.05, 3.63) is 70.3 Å². The number of H-pyrrole nitrogens is 1. The molecule has 7 heteroatoms. The van der Waals surface area contributed by atoms with Crippen LogP contribution >= 0.6 is 11.6 Å². The number of hydrogen-bond donors (Lipinski definition) is 2. The fourth-order valence-corrected chi connectivity index (χ4v) is 3.14. The van der Waals surface area contributed by atoms with E-state index in [1.807, 2.05) is 35.1 Å². The van der Waals surface area contributed by atoms with Gasteiger partial charge in [0, 0.05) is 24.9 Å². The van der Waals surface area contributed by atoms with Gasteiger partial charge in [-0.2, -0.15) is 10.2 Å². The minimum atomic E-state index is -0.259. The molecule has 0 radical (unpaired) electrons. The molecule has 2 heterocycles. The molecule has 1 amide bonds. The molecular formula is C18H18ClN5O. The van der Waals surface area contributed by atoms with Crippen molar-refractivity contribution in [2.75, 3.05) is 0 Å². The molecule has 1 aliphatic rings. The molecule has 2 aromatic heterocycles. The summed E-state index contributed by atoms with van der Waals surface area (Å²) in [5.41, 5.74) is 3.31. The van der Waals surface area contributed by atoms with Gasteiger partial charge in [-0.1, -0.05) is 35.9 Å². The van der Waals surface area contributed by atoms with Crippen molar-refractivity contribution >= 4 is 17.5 Å². The summed E-state index contributed by atoms with van der Waals surface area (Å²) < 4.78 is 1.86. The number of halogens is 1. The lowest BCUT2D eigenvalue weighted by Gasteiger charge is -2.07. The number of nitrogens with one attached hydrogen (secondary N) is 2. The Morgan fingerprint density at radius 3 is 2.92 bits per heavy atom. The molecule has 0 bridgehead atoms. The molecule has 4 rings (SSSR count). The molecule has 0 atom stereocenters. The largest absolute Gasteiger partial charge is 0.347 e. The molecule has 1 saturated carbocycles. The van der Waals surface area contributed by atoms with Gasteiger partial charge in [0.05, 0.1) is 17.3 Å². The summed E-state index contributed by atoms with van der Waals surface area (Å²) >= 11 is 6.28. The predicted molar refractivity (Wildman–Crippen MR) is 94.5 cm³/mol. The summed E-state index contributed by atoms with van der Waals surface area (Å²) in [6, 6.07) is 9.96. The Kier molecular flexibility index (Phi) is 4.28. The lowest BCUT2D eigenvalue weighted by Crippen LogP contribution is -2.23. The Labute approximate surface area is 150 Å². The molecule has 0 saturated heterocycles. The summed E-state index contributed by atoms with van der Waals surface area (Å²) in [7, 11) is 0. The molecule has 3 aromatic rings. The Morgan fingerprint density at radius 1 is 1.32 bits per heavy atom. The zero-order chi connectivity index (χ0) is 17.2. The van der Waals surface area contributed by atoms with E-state index in [-0.39, 0.29) is 11.6 Å². The number of rotatable bonds is 6. The molecule has 0 spiro atoms. The van der Waals surface area contributed by atoms with E-state index in [9.17, 15) is 4.79 Å². The van der Waals surface area contributed by atoms with Crippen LogP contribution in [0.25, 0.3) is 0 Å². The number of nitrogens with zero attached hydrogens (tertiary/aromatic N) is 3. The van der Waals surface area contributed by atoms with Crippen LogP contribution in [0.2, 0.25) is 5.02 Å². The number of aromatic amines is 1. The van der Waals surface area contributed by atoms with Crippen molar-refractivity contribution in [1.82, 2.24) is 25.3 Å². The number of carbonyl (C=O) groups excluding carboxylic acids is 1. The van der Waals surface area contributed by atoms with Gasteiger partial charge in [-0.3, -0.25) is 14.6 Å². The van der Waals surface area contributed by atoms with E-state index in [1.165, 1.54) is 0 Å². The van der Waals surface area contributed by atoms with E-state index < -0.39 is 0 Å². The van der Waals surface area contributed by atoms with Gasteiger partial charge in [-0.15, -0.1) is 0 Å². The van der Waals surface area contributed by atoms with Crippen molar-refractivity contribution in [3.8, 4) is 0 Å². The van der Waals surface area contributed by atoms with E-state index in [2.05, 4.69) is 26.7 Å². The summed E-state index contributed by atoms with van der Waals surface area (Å²) in [6.07, 6.45) is 5.89. The van der Waals surface area contributed by atoms with Crippen LogP contribution in [0, 0.1) is 0 Å². The normalized spacial score (nSPS) is 13.8. The third-order valence-electron chi connectivity index (χ3n) is 4.28. The van der Waals surface area contributed by atoms with E-state index in [0.29, 0.717) is 24.0 Å². The highest BCUT2D eigenvalue weighted by molar-refractivity contribution is 6.34.